The van der Waals surface area contributed by atoms with Gasteiger partial charge in [-0.3, -0.25) is 9.78 Å². The molecule has 0 spiro atoms. The summed E-state index contributed by atoms with van der Waals surface area (Å²) in [4.78, 5) is 16.2. The summed E-state index contributed by atoms with van der Waals surface area (Å²) in [7, 11) is 0. The molecule has 0 atom stereocenters. The molecule has 0 aliphatic carbocycles. The number of aromatic nitrogens is 1. The number of carbonyl (C=O) groups excluding carboxylic acids is 1. The molecule has 17 heavy (non-hydrogen) atoms. The minimum absolute atomic E-state index is 0.0759. The van der Waals surface area contributed by atoms with Crippen LogP contribution >= 0.6 is 0 Å². The SMILES string of the molecule is Cc1ccc(CC(=O)c2ncccc2C)cc1. The summed E-state index contributed by atoms with van der Waals surface area (Å²) in [6, 6.07) is 11.8. The van der Waals surface area contributed by atoms with Gasteiger partial charge < -0.3 is 0 Å². The van der Waals surface area contributed by atoms with E-state index in [0.717, 1.165) is 11.1 Å². The van der Waals surface area contributed by atoms with Gasteiger partial charge in [-0.05, 0) is 31.0 Å². The highest BCUT2D eigenvalue weighted by molar-refractivity contribution is 5.96. The fourth-order valence-electron chi connectivity index (χ4n) is 1.75. The van der Waals surface area contributed by atoms with Crippen LogP contribution in [-0.2, 0) is 6.42 Å². The van der Waals surface area contributed by atoms with Gasteiger partial charge in [-0.1, -0.05) is 35.9 Å². The maximum absolute atomic E-state index is 12.1. The van der Waals surface area contributed by atoms with Gasteiger partial charge in [0.05, 0.1) is 0 Å². The van der Waals surface area contributed by atoms with Gasteiger partial charge in [0.15, 0.2) is 5.78 Å². The van der Waals surface area contributed by atoms with Crippen molar-refractivity contribution in [3.8, 4) is 0 Å². The summed E-state index contributed by atoms with van der Waals surface area (Å²) in [6.45, 7) is 3.95. The van der Waals surface area contributed by atoms with E-state index in [1.54, 1.807) is 6.20 Å². The zero-order valence-electron chi connectivity index (χ0n) is 10.1. The van der Waals surface area contributed by atoms with Gasteiger partial charge in [0.2, 0.25) is 0 Å². The van der Waals surface area contributed by atoms with E-state index in [-0.39, 0.29) is 5.78 Å². The van der Waals surface area contributed by atoms with Crippen molar-refractivity contribution in [2.24, 2.45) is 0 Å². The standard InChI is InChI=1S/C15H15NO/c1-11-5-7-13(8-6-11)10-14(17)15-12(2)4-3-9-16-15/h3-9H,10H2,1-2H3. The Balaban J connectivity index is 2.17. The first-order chi connectivity index (χ1) is 8.16. The molecule has 2 nitrogen and oxygen atoms in total. The molecule has 0 saturated carbocycles. The smallest absolute Gasteiger partial charge is 0.185 e. The van der Waals surface area contributed by atoms with Crippen molar-refractivity contribution in [3.63, 3.8) is 0 Å². The minimum Gasteiger partial charge on any atom is -0.292 e. The predicted molar refractivity (Wildman–Crippen MR) is 68.2 cm³/mol. The molecule has 2 heteroatoms. The molecule has 0 radical (unpaired) electrons. The fraction of sp³-hybridized carbons (Fsp3) is 0.200. The van der Waals surface area contributed by atoms with Crippen LogP contribution in [0.5, 0.6) is 0 Å². The molecule has 86 valence electrons. The molecule has 1 aromatic carbocycles. The lowest BCUT2D eigenvalue weighted by Crippen LogP contribution is -2.07. The number of hydrogen-bond donors (Lipinski definition) is 0. The summed E-state index contributed by atoms with van der Waals surface area (Å²) in [5.41, 5.74) is 3.75. The van der Waals surface area contributed by atoms with Crippen molar-refractivity contribution in [1.29, 1.82) is 0 Å². The molecule has 2 rings (SSSR count). The third-order valence-corrected chi connectivity index (χ3v) is 2.76. The Labute approximate surface area is 101 Å². The van der Waals surface area contributed by atoms with Crippen molar-refractivity contribution >= 4 is 5.78 Å². The van der Waals surface area contributed by atoms with Gasteiger partial charge in [-0.2, -0.15) is 0 Å². The first-order valence-corrected chi connectivity index (χ1v) is 5.67. The molecule has 1 heterocycles. The van der Waals surface area contributed by atoms with Gasteiger partial charge in [0.1, 0.15) is 5.69 Å². The van der Waals surface area contributed by atoms with Gasteiger partial charge in [0.25, 0.3) is 0 Å². The Kier molecular flexibility index (Phi) is 3.33. The Morgan fingerprint density at radius 2 is 1.82 bits per heavy atom. The van der Waals surface area contributed by atoms with Crippen LogP contribution in [0, 0.1) is 13.8 Å². The Hall–Kier alpha value is -1.96. The van der Waals surface area contributed by atoms with Crippen LogP contribution < -0.4 is 0 Å². The van der Waals surface area contributed by atoms with Gasteiger partial charge in [-0.15, -0.1) is 0 Å². The normalized spacial score (nSPS) is 10.2. The van der Waals surface area contributed by atoms with Crippen LogP contribution in [0.2, 0.25) is 0 Å². The summed E-state index contributed by atoms with van der Waals surface area (Å²) in [5.74, 6) is 0.0759. The van der Waals surface area contributed by atoms with E-state index in [2.05, 4.69) is 4.98 Å². The third kappa shape index (κ3) is 2.78. The number of pyridine rings is 1. The van der Waals surface area contributed by atoms with Crippen molar-refractivity contribution in [2.75, 3.05) is 0 Å². The van der Waals surface area contributed by atoms with Crippen LogP contribution in [0.15, 0.2) is 42.6 Å². The maximum atomic E-state index is 12.1. The summed E-state index contributed by atoms with van der Waals surface area (Å²) >= 11 is 0. The largest absolute Gasteiger partial charge is 0.292 e. The first-order valence-electron chi connectivity index (χ1n) is 5.67. The van der Waals surface area contributed by atoms with Crippen LogP contribution in [0.4, 0.5) is 0 Å². The van der Waals surface area contributed by atoms with Gasteiger partial charge in [-0.25, -0.2) is 0 Å². The summed E-state index contributed by atoms with van der Waals surface area (Å²) in [6.07, 6.45) is 2.08. The number of benzene rings is 1. The summed E-state index contributed by atoms with van der Waals surface area (Å²) in [5, 5.41) is 0. The highest BCUT2D eigenvalue weighted by atomic mass is 16.1. The van der Waals surface area contributed by atoms with Crippen molar-refractivity contribution in [2.45, 2.75) is 20.3 Å². The molecule has 0 unspecified atom stereocenters. The van der Waals surface area contributed by atoms with Crippen LogP contribution in [0.25, 0.3) is 0 Å². The van der Waals surface area contributed by atoms with Crippen molar-refractivity contribution < 1.29 is 4.79 Å². The molecular weight excluding hydrogens is 210 g/mol. The second kappa shape index (κ2) is 4.91. The fourth-order valence-corrected chi connectivity index (χ4v) is 1.75. The second-order valence-corrected chi connectivity index (χ2v) is 4.25. The number of hydrogen-bond acceptors (Lipinski definition) is 2. The average Bonchev–Trinajstić information content (AvgIpc) is 2.32. The zero-order chi connectivity index (χ0) is 12.3. The number of nitrogens with zero attached hydrogens (tertiary/aromatic N) is 1. The lowest BCUT2D eigenvalue weighted by Gasteiger charge is -2.04. The number of Topliss-reactive ketones (excluding diaryl/α,β-unsaturated/α-hetero) is 1. The monoisotopic (exact) mass is 225 g/mol. The zero-order valence-corrected chi connectivity index (χ0v) is 10.1. The molecule has 1 aromatic heterocycles. The Morgan fingerprint density at radius 1 is 1.12 bits per heavy atom. The maximum Gasteiger partial charge on any atom is 0.185 e. The molecular formula is C15H15NO. The quantitative estimate of drug-likeness (QED) is 0.751. The van der Waals surface area contributed by atoms with Gasteiger partial charge >= 0.3 is 0 Å². The molecule has 0 amide bonds. The van der Waals surface area contributed by atoms with E-state index in [1.165, 1.54) is 5.56 Å². The molecule has 0 N–H and O–H groups in total. The second-order valence-electron chi connectivity index (χ2n) is 4.25. The molecule has 2 aromatic rings. The predicted octanol–water partition coefficient (Wildman–Crippen LogP) is 3.12. The molecule has 0 fully saturated rings. The molecule has 0 saturated heterocycles. The van der Waals surface area contributed by atoms with Crippen LogP contribution in [-0.4, -0.2) is 10.8 Å². The van der Waals surface area contributed by atoms with Crippen LogP contribution in [0.1, 0.15) is 27.2 Å². The Bertz CT molecular complexity index is 529. The topological polar surface area (TPSA) is 30.0 Å². The lowest BCUT2D eigenvalue weighted by atomic mass is 10.0. The highest BCUT2D eigenvalue weighted by Gasteiger charge is 2.10. The molecule has 0 aliphatic rings. The van der Waals surface area contributed by atoms with E-state index in [4.69, 9.17) is 0 Å². The van der Waals surface area contributed by atoms with E-state index in [1.807, 2.05) is 50.2 Å². The number of carbonyl (C=O) groups is 1. The van der Waals surface area contributed by atoms with E-state index < -0.39 is 0 Å². The minimum atomic E-state index is 0.0759. The van der Waals surface area contributed by atoms with E-state index in [9.17, 15) is 4.79 Å². The van der Waals surface area contributed by atoms with Crippen molar-refractivity contribution in [1.82, 2.24) is 4.98 Å². The number of rotatable bonds is 3. The van der Waals surface area contributed by atoms with E-state index >= 15 is 0 Å². The third-order valence-electron chi connectivity index (χ3n) is 2.76. The van der Waals surface area contributed by atoms with Crippen LogP contribution in [0.3, 0.4) is 0 Å². The Morgan fingerprint density at radius 3 is 2.47 bits per heavy atom. The average molecular weight is 225 g/mol. The van der Waals surface area contributed by atoms with Gasteiger partial charge in [0, 0.05) is 12.6 Å². The number of aryl methyl sites for hydroxylation is 2. The highest BCUT2D eigenvalue weighted by Crippen LogP contribution is 2.10. The van der Waals surface area contributed by atoms with E-state index in [0.29, 0.717) is 12.1 Å². The number of ketones is 1. The molecule has 0 aliphatic heterocycles. The lowest BCUT2D eigenvalue weighted by molar-refractivity contribution is 0.0987. The summed E-state index contributed by atoms with van der Waals surface area (Å²) < 4.78 is 0. The molecule has 0 bridgehead atoms. The first kappa shape index (κ1) is 11.5. The van der Waals surface area contributed by atoms with Crippen molar-refractivity contribution in [3.05, 3.63) is 65.0 Å².